The molecule has 0 aliphatic carbocycles. The fourth-order valence-electron chi connectivity index (χ4n) is 3.29. The lowest BCUT2D eigenvalue weighted by atomic mass is 9.92. The van der Waals surface area contributed by atoms with Crippen molar-refractivity contribution in [2.45, 2.75) is 27.2 Å². The maximum Gasteiger partial charge on any atom is 0.335 e. The molecule has 4 N–H and O–H groups in total. The van der Waals surface area contributed by atoms with E-state index in [-0.39, 0.29) is 11.6 Å². The molecule has 0 atom stereocenters. The summed E-state index contributed by atoms with van der Waals surface area (Å²) in [6, 6.07) is 8.65. The van der Waals surface area contributed by atoms with Crippen LogP contribution in [0.25, 0.3) is 11.1 Å². The molecule has 0 fully saturated rings. The van der Waals surface area contributed by atoms with E-state index >= 15 is 0 Å². The van der Waals surface area contributed by atoms with Crippen molar-refractivity contribution in [3.05, 3.63) is 66.3 Å². The number of nitrogens with two attached hydrogens (primary N) is 1. The molecular weight excluding hydrogens is 378 g/mol. The normalized spacial score (nSPS) is 10.8. The summed E-state index contributed by atoms with van der Waals surface area (Å²) in [6.45, 7) is 11.1. The van der Waals surface area contributed by atoms with E-state index in [1.165, 1.54) is 6.08 Å². The molecule has 0 aliphatic heterocycles. The first kappa shape index (κ1) is 22.7. The van der Waals surface area contributed by atoms with Gasteiger partial charge >= 0.3 is 5.97 Å². The molecule has 0 heterocycles. The van der Waals surface area contributed by atoms with Crippen LogP contribution in [-0.4, -0.2) is 30.0 Å². The highest BCUT2D eigenvalue weighted by molar-refractivity contribution is 6.03. The Morgan fingerprint density at radius 3 is 2.53 bits per heavy atom. The van der Waals surface area contributed by atoms with Crippen LogP contribution in [0.4, 0.5) is 5.69 Å². The van der Waals surface area contributed by atoms with Crippen LogP contribution in [0, 0.1) is 12.3 Å². The van der Waals surface area contributed by atoms with Crippen LogP contribution in [0.15, 0.2) is 55.1 Å². The van der Waals surface area contributed by atoms with E-state index in [9.17, 15) is 9.90 Å². The van der Waals surface area contributed by atoms with Crippen LogP contribution in [0.2, 0.25) is 0 Å². The van der Waals surface area contributed by atoms with Crippen molar-refractivity contribution in [1.29, 1.82) is 5.41 Å². The number of nitrogens with zero attached hydrogens (tertiary/aromatic N) is 1. The van der Waals surface area contributed by atoms with Gasteiger partial charge in [0, 0.05) is 53.2 Å². The maximum absolute atomic E-state index is 12.1. The number of phenols is 1. The minimum atomic E-state index is -0.512. The largest absolute Gasteiger partial charge is 0.507 e. The molecule has 158 valence electrons. The number of aromatic hydroxyl groups is 1. The summed E-state index contributed by atoms with van der Waals surface area (Å²) in [5.41, 5.74) is 8.84. The van der Waals surface area contributed by atoms with E-state index in [0.717, 1.165) is 18.8 Å². The Morgan fingerprint density at radius 1 is 1.27 bits per heavy atom. The van der Waals surface area contributed by atoms with Gasteiger partial charge in [0.1, 0.15) is 17.3 Å². The van der Waals surface area contributed by atoms with Crippen molar-refractivity contribution in [2.75, 3.05) is 18.0 Å². The number of nitrogens with one attached hydrogen (secondary N) is 1. The van der Waals surface area contributed by atoms with Gasteiger partial charge in [-0.05, 0) is 51.5 Å². The molecule has 0 saturated carbocycles. The molecule has 2 rings (SSSR count). The van der Waals surface area contributed by atoms with Gasteiger partial charge in [-0.3, -0.25) is 5.41 Å². The molecular formula is C24H29N3O3. The highest BCUT2D eigenvalue weighted by Gasteiger charge is 2.19. The van der Waals surface area contributed by atoms with Crippen molar-refractivity contribution in [2.24, 2.45) is 5.73 Å². The monoisotopic (exact) mass is 407 g/mol. The molecule has 0 aliphatic rings. The molecule has 0 saturated heterocycles. The molecule has 6 nitrogen and oxygen atoms in total. The predicted molar refractivity (Wildman–Crippen MR) is 122 cm³/mol. The minimum absolute atomic E-state index is 0.0688. The predicted octanol–water partition coefficient (Wildman–Crippen LogP) is 4.54. The number of rotatable bonds is 9. The quantitative estimate of drug-likeness (QED) is 0.142. The van der Waals surface area contributed by atoms with Crippen molar-refractivity contribution in [3.63, 3.8) is 0 Å². The fourth-order valence-corrected chi connectivity index (χ4v) is 3.29. The third kappa shape index (κ3) is 5.08. The van der Waals surface area contributed by atoms with Crippen molar-refractivity contribution < 1.29 is 14.6 Å². The molecule has 0 bridgehead atoms. The first-order valence-corrected chi connectivity index (χ1v) is 9.89. The zero-order chi connectivity index (χ0) is 22.3. The van der Waals surface area contributed by atoms with Crippen LogP contribution < -0.4 is 15.4 Å². The Balaban J connectivity index is 2.54. The lowest BCUT2D eigenvalue weighted by Gasteiger charge is -2.22. The van der Waals surface area contributed by atoms with Crippen LogP contribution in [0.1, 0.15) is 31.4 Å². The van der Waals surface area contributed by atoms with Gasteiger partial charge in [0.2, 0.25) is 0 Å². The van der Waals surface area contributed by atoms with Gasteiger partial charge < -0.3 is 20.5 Å². The first-order chi connectivity index (χ1) is 14.3. The number of ether oxygens (including phenoxy) is 1. The standard InChI is InChI=1S/C24H29N3O3/c1-5-8-9-10-22(29)30-21-14-13-19(24(25)26)23(16(21)4)18-12-11-17(15-20(18)28)27(6-2)7-3/h5,9-15,28H,1,6-8H2,2-4H3,(H3,25,26). The Morgan fingerprint density at radius 2 is 1.97 bits per heavy atom. The molecule has 30 heavy (non-hydrogen) atoms. The number of carbonyl (C=O) groups is 1. The van der Waals surface area contributed by atoms with Crippen LogP contribution in [0.5, 0.6) is 11.5 Å². The highest BCUT2D eigenvalue weighted by atomic mass is 16.5. The number of carbonyl (C=O) groups excluding carboxylic acids is 1. The molecule has 0 spiro atoms. The number of hydrogen-bond acceptors (Lipinski definition) is 5. The minimum Gasteiger partial charge on any atom is -0.507 e. The van der Waals surface area contributed by atoms with Gasteiger partial charge in [-0.1, -0.05) is 12.2 Å². The summed E-state index contributed by atoms with van der Waals surface area (Å²) in [6.07, 6.45) is 5.25. The van der Waals surface area contributed by atoms with Crippen LogP contribution >= 0.6 is 0 Å². The average molecular weight is 408 g/mol. The molecule has 6 heteroatoms. The summed E-state index contributed by atoms with van der Waals surface area (Å²) in [4.78, 5) is 14.2. The number of hydrogen-bond donors (Lipinski definition) is 3. The Kier molecular flexibility index (Phi) is 7.81. The number of esters is 1. The van der Waals surface area contributed by atoms with E-state index in [1.807, 2.05) is 19.9 Å². The second-order valence-electron chi connectivity index (χ2n) is 6.75. The molecule has 0 radical (unpaired) electrons. The van der Waals surface area contributed by atoms with Gasteiger partial charge in [0.15, 0.2) is 0 Å². The lowest BCUT2D eigenvalue weighted by Crippen LogP contribution is -2.21. The second-order valence-corrected chi connectivity index (χ2v) is 6.75. The second kappa shape index (κ2) is 10.3. The third-order valence-corrected chi connectivity index (χ3v) is 4.85. The molecule has 0 amide bonds. The number of amidine groups is 1. The molecule has 2 aromatic carbocycles. The summed E-state index contributed by atoms with van der Waals surface area (Å²) in [5, 5.41) is 18.7. The SMILES string of the molecule is C=CCC=CC(=O)Oc1ccc(C(=N)N)c(-c2ccc(N(CC)CC)cc2O)c1C. The van der Waals surface area contributed by atoms with E-state index in [0.29, 0.717) is 34.4 Å². The third-order valence-electron chi connectivity index (χ3n) is 4.85. The zero-order valence-electron chi connectivity index (χ0n) is 17.7. The number of benzene rings is 2. The smallest absolute Gasteiger partial charge is 0.335 e. The Hall–Kier alpha value is -3.54. The molecule has 0 aromatic heterocycles. The Labute approximate surface area is 177 Å². The first-order valence-electron chi connectivity index (χ1n) is 9.89. The van der Waals surface area contributed by atoms with Gasteiger partial charge in [-0.25, -0.2) is 4.79 Å². The van der Waals surface area contributed by atoms with Crippen LogP contribution in [-0.2, 0) is 4.79 Å². The van der Waals surface area contributed by atoms with Crippen molar-refractivity contribution in [1.82, 2.24) is 0 Å². The van der Waals surface area contributed by atoms with Crippen molar-refractivity contribution >= 4 is 17.5 Å². The van der Waals surface area contributed by atoms with Crippen molar-refractivity contribution in [3.8, 4) is 22.6 Å². The lowest BCUT2D eigenvalue weighted by molar-refractivity contribution is -0.129. The molecule has 2 aromatic rings. The maximum atomic E-state index is 12.1. The van der Waals surface area contributed by atoms with E-state index < -0.39 is 5.97 Å². The van der Waals surface area contributed by atoms with Gasteiger partial charge in [0.05, 0.1) is 0 Å². The van der Waals surface area contributed by atoms with E-state index in [1.54, 1.807) is 43.3 Å². The van der Waals surface area contributed by atoms with Crippen LogP contribution in [0.3, 0.4) is 0 Å². The Bertz CT molecular complexity index is 976. The summed E-state index contributed by atoms with van der Waals surface area (Å²) in [7, 11) is 0. The van der Waals surface area contributed by atoms with Gasteiger partial charge in [0.25, 0.3) is 0 Å². The summed E-state index contributed by atoms with van der Waals surface area (Å²) >= 11 is 0. The van der Waals surface area contributed by atoms with E-state index in [4.69, 9.17) is 15.9 Å². The highest BCUT2D eigenvalue weighted by Crippen LogP contribution is 2.39. The number of anilines is 1. The average Bonchev–Trinajstić information content (AvgIpc) is 2.71. The van der Waals surface area contributed by atoms with Gasteiger partial charge in [-0.15, -0.1) is 6.58 Å². The fraction of sp³-hybridized carbons (Fsp3) is 0.250. The zero-order valence-corrected chi connectivity index (χ0v) is 17.7. The van der Waals surface area contributed by atoms with Gasteiger partial charge in [-0.2, -0.15) is 0 Å². The molecule has 0 unspecified atom stereocenters. The van der Waals surface area contributed by atoms with E-state index in [2.05, 4.69) is 11.5 Å². The summed E-state index contributed by atoms with van der Waals surface area (Å²) in [5.74, 6) is -0.235. The topological polar surface area (TPSA) is 99.6 Å². The number of allylic oxidation sites excluding steroid dienone is 2. The summed E-state index contributed by atoms with van der Waals surface area (Å²) < 4.78 is 5.46. The number of phenolic OH excluding ortho intramolecular Hbond substituents is 1. The number of nitrogen functional groups attached to an aromatic ring is 1.